The quantitative estimate of drug-likeness (QED) is 0.554. The molecule has 2 saturated heterocycles. The Morgan fingerprint density at radius 1 is 0.912 bits per heavy atom. The van der Waals surface area contributed by atoms with Gasteiger partial charge in [-0.1, -0.05) is 36.4 Å². The van der Waals surface area contributed by atoms with Crippen LogP contribution in [0.15, 0.2) is 48.5 Å². The standard InChI is InChI=1S/C27H34FN3O3/c1-27(2,3)31(26(33)30-17-10-18-30)34-24(20-11-6-4-7-12-20)22-14-13-21(19-23(22)28)25(32)29-15-8-5-9-16-29/h4,6-7,11-14,19,24H,5,8-10,15-18H2,1-3H3. The van der Waals surface area contributed by atoms with E-state index in [-0.39, 0.29) is 17.5 Å². The summed E-state index contributed by atoms with van der Waals surface area (Å²) < 4.78 is 15.5. The van der Waals surface area contributed by atoms with Crippen molar-refractivity contribution in [2.45, 2.75) is 58.1 Å². The number of amides is 3. The summed E-state index contributed by atoms with van der Waals surface area (Å²) in [5.74, 6) is -0.673. The second-order valence-electron chi connectivity index (χ2n) is 10.1. The molecule has 2 aliphatic heterocycles. The van der Waals surface area contributed by atoms with Crippen LogP contribution in [0.25, 0.3) is 0 Å². The van der Waals surface area contributed by atoms with Crippen molar-refractivity contribution in [3.63, 3.8) is 0 Å². The fourth-order valence-electron chi connectivity index (χ4n) is 4.31. The van der Waals surface area contributed by atoms with E-state index in [1.165, 1.54) is 11.1 Å². The number of urea groups is 1. The van der Waals surface area contributed by atoms with Crippen LogP contribution in [0.2, 0.25) is 0 Å². The van der Waals surface area contributed by atoms with Gasteiger partial charge in [-0.05, 0) is 64.2 Å². The summed E-state index contributed by atoms with van der Waals surface area (Å²) in [5, 5.41) is 1.36. The Balaban J connectivity index is 1.66. The van der Waals surface area contributed by atoms with Crippen LogP contribution in [0.3, 0.4) is 0 Å². The summed E-state index contributed by atoms with van der Waals surface area (Å²) >= 11 is 0. The van der Waals surface area contributed by atoms with Crippen molar-refractivity contribution < 1.29 is 18.8 Å². The van der Waals surface area contributed by atoms with E-state index in [1.807, 2.05) is 51.1 Å². The molecular formula is C27H34FN3O3. The van der Waals surface area contributed by atoms with Crippen molar-refractivity contribution in [2.75, 3.05) is 26.2 Å². The van der Waals surface area contributed by atoms with Gasteiger partial charge in [0.05, 0.1) is 5.54 Å². The lowest BCUT2D eigenvalue weighted by molar-refractivity contribution is -0.202. The minimum Gasteiger partial charge on any atom is -0.339 e. The third kappa shape index (κ3) is 5.25. The van der Waals surface area contributed by atoms with E-state index in [9.17, 15) is 9.59 Å². The number of rotatable bonds is 5. The number of halogens is 1. The molecule has 2 aromatic rings. The lowest BCUT2D eigenvalue weighted by atomic mass is 9.99. The Bertz CT molecular complexity index is 1010. The van der Waals surface area contributed by atoms with Crippen molar-refractivity contribution in [3.8, 4) is 0 Å². The number of likely N-dealkylation sites (tertiary alicyclic amines) is 2. The molecule has 3 amide bonds. The molecule has 0 aliphatic carbocycles. The predicted molar refractivity (Wildman–Crippen MR) is 129 cm³/mol. The van der Waals surface area contributed by atoms with Crippen molar-refractivity contribution >= 4 is 11.9 Å². The number of hydroxylamine groups is 2. The first-order valence-corrected chi connectivity index (χ1v) is 12.2. The van der Waals surface area contributed by atoms with Crippen LogP contribution in [0.1, 0.15) is 74.0 Å². The fourth-order valence-corrected chi connectivity index (χ4v) is 4.31. The van der Waals surface area contributed by atoms with Gasteiger partial charge in [0.25, 0.3) is 5.91 Å². The molecule has 2 aliphatic rings. The lowest BCUT2D eigenvalue weighted by Crippen LogP contribution is -2.55. The molecule has 1 atom stereocenters. The molecule has 0 spiro atoms. The number of benzene rings is 2. The SMILES string of the molecule is CC(C)(C)N(OC(c1ccccc1)c1ccc(C(=O)N2CCCCC2)cc1F)C(=O)N1CCC1. The van der Waals surface area contributed by atoms with Gasteiger partial charge in [-0.25, -0.2) is 9.18 Å². The van der Waals surface area contributed by atoms with Crippen molar-refractivity contribution in [1.29, 1.82) is 0 Å². The monoisotopic (exact) mass is 467 g/mol. The van der Waals surface area contributed by atoms with E-state index in [0.29, 0.717) is 31.7 Å². The Labute approximate surface area is 201 Å². The predicted octanol–water partition coefficient (Wildman–Crippen LogP) is 5.40. The number of carbonyl (C=O) groups is 2. The first-order valence-electron chi connectivity index (χ1n) is 12.2. The number of carbonyl (C=O) groups excluding carboxylic acids is 2. The molecule has 0 radical (unpaired) electrons. The normalized spacial score (nSPS) is 17.2. The highest BCUT2D eigenvalue weighted by Gasteiger charge is 2.37. The van der Waals surface area contributed by atoms with Crippen LogP contribution >= 0.6 is 0 Å². The van der Waals surface area contributed by atoms with Crippen LogP contribution in [-0.2, 0) is 4.84 Å². The Morgan fingerprint density at radius 2 is 1.56 bits per heavy atom. The largest absolute Gasteiger partial charge is 0.344 e. The van der Waals surface area contributed by atoms with Gasteiger partial charge in [-0.15, -0.1) is 0 Å². The minimum absolute atomic E-state index is 0.147. The minimum atomic E-state index is -0.843. The third-order valence-corrected chi connectivity index (χ3v) is 6.40. The first-order chi connectivity index (χ1) is 16.3. The van der Waals surface area contributed by atoms with Crippen molar-refractivity contribution in [3.05, 3.63) is 71.0 Å². The smallest absolute Gasteiger partial charge is 0.339 e. The number of hydrogen-bond acceptors (Lipinski definition) is 3. The van der Waals surface area contributed by atoms with E-state index in [0.717, 1.165) is 31.2 Å². The van der Waals surface area contributed by atoms with Gasteiger partial charge >= 0.3 is 6.03 Å². The Kier molecular flexibility index (Phi) is 7.22. The summed E-state index contributed by atoms with van der Waals surface area (Å²) in [4.78, 5) is 35.9. The van der Waals surface area contributed by atoms with E-state index < -0.39 is 17.5 Å². The van der Waals surface area contributed by atoms with Gasteiger partial charge < -0.3 is 9.80 Å². The second kappa shape index (κ2) is 10.1. The summed E-state index contributed by atoms with van der Waals surface area (Å²) in [6, 6.07) is 13.6. The highest BCUT2D eigenvalue weighted by atomic mass is 19.1. The number of nitrogens with zero attached hydrogens (tertiary/aromatic N) is 3. The molecule has 0 bridgehead atoms. The Hall–Kier alpha value is -2.93. The summed E-state index contributed by atoms with van der Waals surface area (Å²) in [5.41, 5.74) is 0.703. The maximum Gasteiger partial charge on any atom is 0.344 e. The molecule has 0 N–H and O–H groups in total. The number of hydrogen-bond donors (Lipinski definition) is 0. The maximum atomic E-state index is 15.5. The molecule has 0 saturated carbocycles. The molecule has 2 aromatic carbocycles. The van der Waals surface area contributed by atoms with Crippen LogP contribution in [0, 0.1) is 5.82 Å². The van der Waals surface area contributed by atoms with E-state index >= 15 is 4.39 Å². The van der Waals surface area contributed by atoms with Gasteiger partial charge in [0, 0.05) is 37.3 Å². The van der Waals surface area contributed by atoms with E-state index in [1.54, 1.807) is 21.9 Å². The molecule has 2 heterocycles. The summed E-state index contributed by atoms with van der Waals surface area (Å²) in [6.45, 7) is 8.46. The molecular weight excluding hydrogens is 433 g/mol. The zero-order valence-electron chi connectivity index (χ0n) is 20.3. The van der Waals surface area contributed by atoms with Crippen molar-refractivity contribution in [1.82, 2.24) is 14.9 Å². The van der Waals surface area contributed by atoms with Crippen LogP contribution < -0.4 is 0 Å². The molecule has 7 heteroatoms. The van der Waals surface area contributed by atoms with E-state index in [4.69, 9.17) is 4.84 Å². The zero-order chi connectivity index (χ0) is 24.3. The molecule has 1 unspecified atom stereocenters. The van der Waals surface area contributed by atoms with Crippen molar-refractivity contribution in [2.24, 2.45) is 0 Å². The second-order valence-corrected chi connectivity index (χ2v) is 10.1. The summed E-state index contributed by atoms with van der Waals surface area (Å²) in [7, 11) is 0. The first kappa shape index (κ1) is 24.2. The van der Waals surface area contributed by atoms with Gasteiger partial charge in [-0.3, -0.25) is 9.63 Å². The van der Waals surface area contributed by atoms with Crippen LogP contribution in [0.4, 0.5) is 9.18 Å². The molecule has 34 heavy (non-hydrogen) atoms. The molecule has 2 fully saturated rings. The third-order valence-electron chi connectivity index (χ3n) is 6.40. The molecule has 4 rings (SSSR count). The topological polar surface area (TPSA) is 53.1 Å². The van der Waals surface area contributed by atoms with Crippen LogP contribution in [0.5, 0.6) is 0 Å². The van der Waals surface area contributed by atoms with Gasteiger partial charge in [0.15, 0.2) is 0 Å². The number of piperidine rings is 1. The molecule has 0 aromatic heterocycles. The fraction of sp³-hybridized carbons (Fsp3) is 0.481. The summed E-state index contributed by atoms with van der Waals surface area (Å²) in [6.07, 6.45) is 3.19. The average Bonchev–Trinajstić information content (AvgIpc) is 2.79. The van der Waals surface area contributed by atoms with Crippen LogP contribution in [-0.4, -0.2) is 58.5 Å². The maximum absolute atomic E-state index is 15.5. The van der Waals surface area contributed by atoms with Gasteiger partial charge in [0.2, 0.25) is 0 Å². The van der Waals surface area contributed by atoms with Gasteiger partial charge in [0.1, 0.15) is 11.9 Å². The lowest BCUT2D eigenvalue weighted by Gasteiger charge is -2.42. The van der Waals surface area contributed by atoms with Gasteiger partial charge in [-0.2, -0.15) is 5.06 Å². The molecule has 6 nitrogen and oxygen atoms in total. The Morgan fingerprint density at radius 3 is 2.12 bits per heavy atom. The average molecular weight is 468 g/mol. The highest BCUT2D eigenvalue weighted by Crippen LogP contribution is 2.33. The zero-order valence-corrected chi connectivity index (χ0v) is 20.3. The van der Waals surface area contributed by atoms with E-state index in [2.05, 4.69) is 0 Å². The molecule has 182 valence electrons. The highest BCUT2D eigenvalue weighted by molar-refractivity contribution is 5.94.